The molecule has 5 nitrogen and oxygen atoms in total. The molecule has 2 N–H and O–H groups in total. The lowest BCUT2D eigenvalue weighted by atomic mass is 9.82. The highest BCUT2D eigenvalue weighted by Gasteiger charge is 2.56. The van der Waals surface area contributed by atoms with Crippen LogP contribution < -0.4 is 5.32 Å². The van der Waals surface area contributed by atoms with Gasteiger partial charge in [0.05, 0.1) is 12.8 Å². The average molecular weight is 435 g/mol. The molecule has 1 aliphatic rings. The molecular formula is C24H16ClFN2O3. The summed E-state index contributed by atoms with van der Waals surface area (Å²) in [7, 11) is 1.24. The van der Waals surface area contributed by atoms with E-state index in [1.54, 1.807) is 30.3 Å². The Labute approximate surface area is 181 Å². The molecule has 7 heteroatoms. The van der Waals surface area contributed by atoms with E-state index in [1.807, 2.05) is 24.3 Å². The highest BCUT2D eigenvalue weighted by molar-refractivity contribution is 6.32. The van der Waals surface area contributed by atoms with E-state index in [2.05, 4.69) is 10.3 Å². The van der Waals surface area contributed by atoms with Gasteiger partial charge in [-0.25, -0.2) is 9.18 Å². The number of nitrogens with one attached hydrogen (secondary N) is 2. The van der Waals surface area contributed by atoms with E-state index < -0.39 is 17.3 Å². The van der Waals surface area contributed by atoms with Crippen LogP contribution in [0.2, 0.25) is 5.02 Å². The summed E-state index contributed by atoms with van der Waals surface area (Å²) in [5, 5.41) is 4.20. The third-order valence-corrected chi connectivity index (χ3v) is 5.83. The molecule has 0 saturated heterocycles. The van der Waals surface area contributed by atoms with E-state index in [-0.39, 0.29) is 5.82 Å². The lowest BCUT2D eigenvalue weighted by Gasteiger charge is -2.27. The monoisotopic (exact) mass is 434 g/mol. The molecule has 1 atom stereocenters. The first-order chi connectivity index (χ1) is 15.0. The van der Waals surface area contributed by atoms with Crippen LogP contribution in [0.15, 0.2) is 66.7 Å². The van der Waals surface area contributed by atoms with Crippen molar-refractivity contribution < 1.29 is 18.7 Å². The average Bonchev–Trinajstić information content (AvgIpc) is 3.29. The molecule has 2 heterocycles. The fourth-order valence-corrected chi connectivity index (χ4v) is 4.39. The Hall–Kier alpha value is -3.64. The van der Waals surface area contributed by atoms with Crippen molar-refractivity contribution in [1.82, 2.24) is 4.98 Å². The van der Waals surface area contributed by atoms with Crippen molar-refractivity contribution in [2.24, 2.45) is 0 Å². The summed E-state index contributed by atoms with van der Waals surface area (Å²) in [6.45, 7) is 0. The van der Waals surface area contributed by atoms with Gasteiger partial charge in [0, 0.05) is 32.7 Å². The molecule has 1 unspecified atom stereocenters. The Kier molecular flexibility index (Phi) is 4.34. The van der Waals surface area contributed by atoms with Gasteiger partial charge in [-0.05, 0) is 54.1 Å². The van der Waals surface area contributed by atoms with Crippen molar-refractivity contribution in [1.29, 1.82) is 0 Å². The molecule has 0 amide bonds. The van der Waals surface area contributed by atoms with Crippen LogP contribution in [0.1, 0.15) is 15.9 Å². The van der Waals surface area contributed by atoms with E-state index in [1.165, 1.54) is 19.2 Å². The van der Waals surface area contributed by atoms with Gasteiger partial charge in [0.25, 0.3) is 0 Å². The second-order valence-electron chi connectivity index (χ2n) is 7.31. The number of hydrogen-bond donors (Lipinski definition) is 2. The van der Waals surface area contributed by atoms with E-state index in [0.717, 1.165) is 5.52 Å². The Morgan fingerprint density at radius 3 is 2.55 bits per heavy atom. The fourth-order valence-electron chi connectivity index (χ4n) is 4.22. The molecule has 31 heavy (non-hydrogen) atoms. The van der Waals surface area contributed by atoms with Crippen molar-refractivity contribution in [3.8, 4) is 11.3 Å². The third kappa shape index (κ3) is 2.75. The molecule has 3 aromatic carbocycles. The molecule has 0 radical (unpaired) electrons. The van der Waals surface area contributed by atoms with Gasteiger partial charge in [0.15, 0.2) is 0 Å². The van der Waals surface area contributed by atoms with Crippen LogP contribution in [-0.2, 0) is 15.1 Å². The van der Waals surface area contributed by atoms with Crippen LogP contribution in [0.4, 0.5) is 10.1 Å². The number of ether oxygens (including phenoxy) is 1. The molecule has 1 aromatic heterocycles. The SMILES string of the molecule is COC(=O)C1(c2c(-c3ccc(F)cc3)[nH]c3ccccc23)Nc2cc(Cl)ccc2C1=O. The zero-order valence-electron chi connectivity index (χ0n) is 16.3. The van der Waals surface area contributed by atoms with Crippen molar-refractivity contribution in [2.45, 2.75) is 5.54 Å². The number of aromatic nitrogens is 1. The lowest BCUT2D eigenvalue weighted by molar-refractivity contribution is -0.144. The van der Waals surface area contributed by atoms with Gasteiger partial charge < -0.3 is 15.0 Å². The van der Waals surface area contributed by atoms with Crippen molar-refractivity contribution >= 4 is 39.9 Å². The van der Waals surface area contributed by atoms with Gasteiger partial charge in [0.2, 0.25) is 11.3 Å². The van der Waals surface area contributed by atoms with Gasteiger partial charge in [0.1, 0.15) is 5.82 Å². The molecule has 0 aliphatic carbocycles. The molecular weight excluding hydrogens is 419 g/mol. The Bertz CT molecular complexity index is 1360. The standard InChI is InChI=1S/C24H16ClFN2O3/c1-31-23(30)24(22(29)17-11-8-14(25)12-19(17)28-24)20-16-4-2-3-5-18(16)27-21(20)13-6-9-15(26)10-7-13/h2-12,27-28H,1H3. The topological polar surface area (TPSA) is 71.2 Å². The van der Waals surface area contributed by atoms with Crippen molar-refractivity contribution in [2.75, 3.05) is 12.4 Å². The number of rotatable bonds is 3. The lowest BCUT2D eigenvalue weighted by Crippen LogP contribution is -2.47. The molecule has 4 aromatic rings. The maximum Gasteiger partial charge on any atom is 0.344 e. The Balaban J connectivity index is 1.86. The third-order valence-electron chi connectivity index (χ3n) is 5.59. The minimum atomic E-state index is -1.83. The molecule has 0 bridgehead atoms. The highest BCUT2D eigenvalue weighted by Crippen LogP contribution is 2.47. The number of carbonyl (C=O) groups is 2. The first-order valence-corrected chi connectivity index (χ1v) is 9.91. The zero-order valence-corrected chi connectivity index (χ0v) is 17.1. The smallest absolute Gasteiger partial charge is 0.344 e. The number of hydrogen-bond acceptors (Lipinski definition) is 4. The predicted molar refractivity (Wildman–Crippen MR) is 117 cm³/mol. The first-order valence-electron chi connectivity index (χ1n) is 9.54. The summed E-state index contributed by atoms with van der Waals surface area (Å²) in [6, 6.07) is 18.0. The number of fused-ring (bicyclic) bond motifs is 2. The van der Waals surface area contributed by atoms with Gasteiger partial charge in [-0.3, -0.25) is 4.79 Å². The van der Waals surface area contributed by atoms with Crippen molar-refractivity contribution in [3.05, 3.63) is 88.7 Å². The van der Waals surface area contributed by atoms with E-state index in [4.69, 9.17) is 16.3 Å². The second-order valence-corrected chi connectivity index (χ2v) is 7.75. The number of anilines is 1. The number of H-pyrrole nitrogens is 1. The minimum Gasteiger partial charge on any atom is -0.467 e. The molecule has 5 rings (SSSR count). The largest absolute Gasteiger partial charge is 0.467 e. The quantitative estimate of drug-likeness (QED) is 0.339. The number of halogens is 2. The van der Waals surface area contributed by atoms with Crippen LogP contribution in [0.3, 0.4) is 0 Å². The summed E-state index contributed by atoms with van der Waals surface area (Å²) < 4.78 is 18.7. The summed E-state index contributed by atoms with van der Waals surface area (Å²) in [4.78, 5) is 30.3. The summed E-state index contributed by atoms with van der Waals surface area (Å²) in [5.74, 6) is -1.58. The van der Waals surface area contributed by atoms with Crippen LogP contribution in [0.5, 0.6) is 0 Å². The van der Waals surface area contributed by atoms with Crippen molar-refractivity contribution in [3.63, 3.8) is 0 Å². The Morgan fingerprint density at radius 2 is 1.81 bits per heavy atom. The number of para-hydroxylation sites is 1. The summed E-state index contributed by atoms with van der Waals surface area (Å²) in [6.07, 6.45) is 0. The predicted octanol–water partition coefficient (Wildman–Crippen LogP) is 5.30. The number of esters is 1. The highest BCUT2D eigenvalue weighted by atomic mass is 35.5. The van der Waals surface area contributed by atoms with Crippen LogP contribution in [0, 0.1) is 5.82 Å². The number of benzene rings is 3. The summed E-state index contributed by atoms with van der Waals surface area (Å²) >= 11 is 6.13. The second kappa shape index (κ2) is 6.96. The zero-order chi connectivity index (χ0) is 21.8. The molecule has 154 valence electrons. The normalized spacial score (nSPS) is 17.5. The van der Waals surface area contributed by atoms with Gasteiger partial charge in [-0.15, -0.1) is 0 Å². The fraction of sp³-hybridized carbons (Fsp3) is 0.0833. The molecule has 1 aliphatic heterocycles. The first kappa shape index (κ1) is 19.3. The number of Topliss-reactive ketones (excluding diaryl/α,β-unsaturated/α-hetero) is 1. The van der Waals surface area contributed by atoms with Crippen LogP contribution >= 0.6 is 11.6 Å². The Morgan fingerprint density at radius 1 is 1.06 bits per heavy atom. The number of methoxy groups -OCH3 is 1. The van der Waals surface area contributed by atoms with Gasteiger partial charge >= 0.3 is 5.97 Å². The van der Waals surface area contributed by atoms with E-state index >= 15 is 0 Å². The minimum absolute atomic E-state index is 0.338. The number of aromatic amines is 1. The number of ketones is 1. The van der Waals surface area contributed by atoms with Crippen LogP contribution in [-0.4, -0.2) is 23.8 Å². The van der Waals surface area contributed by atoms with Crippen LogP contribution in [0.25, 0.3) is 22.2 Å². The van der Waals surface area contributed by atoms with Gasteiger partial charge in [-0.2, -0.15) is 0 Å². The molecule has 0 fully saturated rings. The van der Waals surface area contributed by atoms with Gasteiger partial charge in [-0.1, -0.05) is 29.8 Å². The molecule has 0 spiro atoms. The summed E-state index contributed by atoms with van der Waals surface area (Å²) in [5.41, 5.74) is 1.24. The maximum atomic E-state index is 13.7. The van der Waals surface area contributed by atoms with E-state index in [9.17, 15) is 14.0 Å². The molecule has 0 saturated carbocycles. The number of carbonyl (C=O) groups excluding carboxylic acids is 2. The maximum absolute atomic E-state index is 13.7. The van der Waals surface area contributed by atoms with E-state index in [0.29, 0.717) is 38.5 Å².